The van der Waals surface area contributed by atoms with Gasteiger partial charge in [-0.2, -0.15) is 5.10 Å². The van der Waals surface area contributed by atoms with Gasteiger partial charge in [0, 0.05) is 5.71 Å². The van der Waals surface area contributed by atoms with Crippen LogP contribution in [-0.4, -0.2) is 10.7 Å². The molecule has 1 aromatic carbocycles. The molecule has 0 aliphatic heterocycles. The SMILES string of the molecule is C/C(=N/Nc1nc2ccccc2s1)C1CCCCC1. The van der Waals surface area contributed by atoms with E-state index in [-0.39, 0.29) is 0 Å². The molecule has 19 heavy (non-hydrogen) atoms. The Morgan fingerprint density at radius 1 is 1.26 bits per heavy atom. The lowest BCUT2D eigenvalue weighted by atomic mass is 9.86. The van der Waals surface area contributed by atoms with E-state index in [2.05, 4.69) is 28.5 Å². The maximum absolute atomic E-state index is 4.53. The smallest absolute Gasteiger partial charge is 0.204 e. The predicted molar refractivity (Wildman–Crippen MR) is 82.9 cm³/mol. The second kappa shape index (κ2) is 5.70. The van der Waals surface area contributed by atoms with Gasteiger partial charge in [0.25, 0.3) is 0 Å². The van der Waals surface area contributed by atoms with Crippen LogP contribution >= 0.6 is 11.3 Å². The van der Waals surface area contributed by atoms with E-state index in [9.17, 15) is 0 Å². The lowest BCUT2D eigenvalue weighted by Gasteiger charge is -2.20. The van der Waals surface area contributed by atoms with Crippen molar-refractivity contribution in [1.82, 2.24) is 4.98 Å². The molecular weight excluding hydrogens is 254 g/mol. The Balaban J connectivity index is 1.70. The van der Waals surface area contributed by atoms with Gasteiger partial charge in [-0.05, 0) is 37.8 Å². The molecule has 1 N–H and O–H groups in total. The third kappa shape index (κ3) is 2.95. The van der Waals surface area contributed by atoms with Crippen LogP contribution in [0.1, 0.15) is 39.0 Å². The van der Waals surface area contributed by atoms with Crippen LogP contribution in [0.3, 0.4) is 0 Å². The number of aromatic nitrogens is 1. The highest BCUT2D eigenvalue weighted by Gasteiger charge is 2.16. The molecule has 1 fully saturated rings. The van der Waals surface area contributed by atoms with Crippen molar-refractivity contribution >= 4 is 32.4 Å². The minimum Gasteiger partial charge on any atom is -0.253 e. The molecular formula is C15H19N3S. The molecule has 100 valence electrons. The first-order valence-corrected chi connectivity index (χ1v) is 7.80. The fourth-order valence-electron chi connectivity index (χ4n) is 2.67. The number of nitrogens with zero attached hydrogens (tertiary/aromatic N) is 2. The Morgan fingerprint density at radius 2 is 2.05 bits per heavy atom. The highest BCUT2D eigenvalue weighted by atomic mass is 32.1. The second-order valence-corrected chi connectivity index (χ2v) is 6.22. The van der Waals surface area contributed by atoms with E-state index >= 15 is 0 Å². The van der Waals surface area contributed by atoms with E-state index < -0.39 is 0 Å². The molecule has 3 rings (SSSR count). The van der Waals surface area contributed by atoms with Crippen molar-refractivity contribution in [3.8, 4) is 0 Å². The average molecular weight is 273 g/mol. The standard InChI is InChI=1S/C15H19N3S/c1-11(12-7-3-2-4-8-12)17-18-15-16-13-9-5-6-10-14(13)19-15/h5-6,9-10,12H,2-4,7-8H2,1H3,(H,16,18)/b17-11-. The molecule has 0 bridgehead atoms. The van der Waals surface area contributed by atoms with Crippen molar-refractivity contribution in [2.75, 3.05) is 5.43 Å². The highest BCUT2D eigenvalue weighted by molar-refractivity contribution is 7.22. The van der Waals surface area contributed by atoms with Gasteiger partial charge in [0.1, 0.15) is 0 Å². The summed E-state index contributed by atoms with van der Waals surface area (Å²) in [6, 6.07) is 8.19. The molecule has 4 heteroatoms. The number of fused-ring (bicyclic) bond motifs is 1. The number of hydrogen-bond acceptors (Lipinski definition) is 4. The molecule has 1 aliphatic rings. The summed E-state index contributed by atoms with van der Waals surface area (Å²) >= 11 is 1.66. The number of nitrogens with one attached hydrogen (secondary N) is 1. The molecule has 0 atom stereocenters. The van der Waals surface area contributed by atoms with E-state index in [4.69, 9.17) is 0 Å². The summed E-state index contributed by atoms with van der Waals surface area (Å²) in [4.78, 5) is 4.53. The summed E-state index contributed by atoms with van der Waals surface area (Å²) in [5.41, 5.74) is 5.39. The van der Waals surface area contributed by atoms with Crippen LogP contribution in [0.5, 0.6) is 0 Å². The molecule has 3 nitrogen and oxygen atoms in total. The molecule has 0 saturated heterocycles. The Kier molecular flexibility index (Phi) is 3.78. The van der Waals surface area contributed by atoms with Gasteiger partial charge in [-0.25, -0.2) is 4.98 Å². The largest absolute Gasteiger partial charge is 0.253 e. The summed E-state index contributed by atoms with van der Waals surface area (Å²) < 4.78 is 1.20. The summed E-state index contributed by atoms with van der Waals surface area (Å²) in [7, 11) is 0. The van der Waals surface area contributed by atoms with Crippen LogP contribution in [0.25, 0.3) is 10.2 Å². The number of hydrogen-bond donors (Lipinski definition) is 1. The van der Waals surface area contributed by atoms with Crippen LogP contribution in [0, 0.1) is 5.92 Å². The van der Waals surface area contributed by atoms with Gasteiger partial charge >= 0.3 is 0 Å². The first-order valence-electron chi connectivity index (χ1n) is 6.99. The van der Waals surface area contributed by atoms with Crippen molar-refractivity contribution in [2.45, 2.75) is 39.0 Å². The zero-order valence-corrected chi connectivity index (χ0v) is 12.0. The number of hydrazone groups is 1. The Morgan fingerprint density at radius 3 is 2.84 bits per heavy atom. The lowest BCUT2D eigenvalue weighted by molar-refractivity contribution is 0.438. The molecule has 1 aliphatic carbocycles. The quantitative estimate of drug-likeness (QED) is 0.652. The van der Waals surface area contributed by atoms with Crippen LogP contribution < -0.4 is 5.43 Å². The van der Waals surface area contributed by atoms with E-state index in [1.807, 2.05) is 18.2 Å². The highest BCUT2D eigenvalue weighted by Crippen LogP contribution is 2.27. The maximum atomic E-state index is 4.53. The zero-order chi connectivity index (χ0) is 13.1. The fraction of sp³-hybridized carbons (Fsp3) is 0.467. The first kappa shape index (κ1) is 12.6. The van der Waals surface area contributed by atoms with Crippen molar-refractivity contribution in [2.24, 2.45) is 11.0 Å². The summed E-state index contributed by atoms with van der Waals surface area (Å²) in [5, 5.41) is 5.41. The van der Waals surface area contributed by atoms with E-state index in [0.29, 0.717) is 5.92 Å². The zero-order valence-electron chi connectivity index (χ0n) is 11.2. The molecule has 0 unspecified atom stereocenters. The van der Waals surface area contributed by atoms with E-state index in [1.165, 1.54) is 42.5 Å². The minimum absolute atomic E-state index is 0.663. The van der Waals surface area contributed by atoms with Gasteiger partial charge in [0.15, 0.2) is 0 Å². The lowest BCUT2D eigenvalue weighted by Crippen LogP contribution is -2.16. The Hall–Kier alpha value is -1.42. The van der Waals surface area contributed by atoms with Gasteiger partial charge < -0.3 is 0 Å². The number of para-hydroxylation sites is 1. The molecule has 2 aromatic rings. The van der Waals surface area contributed by atoms with Gasteiger partial charge in [-0.1, -0.05) is 42.7 Å². The second-order valence-electron chi connectivity index (χ2n) is 5.19. The maximum Gasteiger partial charge on any atom is 0.204 e. The van der Waals surface area contributed by atoms with Crippen LogP contribution in [-0.2, 0) is 0 Å². The average Bonchev–Trinajstić information content (AvgIpc) is 2.88. The van der Waals surface area contributed by atoms with Crippen LogP contribution in [0.15, 0.2) is 29.4 Å². The number of anilines is 1. The number of thiazole rings is 1. The summed E-state index contributed by atoms with van der Waals surface area (Å²) in [6.07, 6.45) is 6.65. The van der Waals surface area contributed by atoms with Crippen molar-refractivity contribution in [1.29, 1.82) is 0 Å². The summed E-state index contributed by atoms with van der Waals surface area (Å²) in [5.74, 6) is 0.663. The minimum atomic E-state index is 0.663. The van der Waals surface area contributed by atoms with Gasteiger partial charge in [-0.15, -0.1) is 0 Å². The molecule has 1 aromatic heterocycles. The third-order valence-electron chi connectivity index (χ3n) is 3.82. The monoisotopic (exact) mass is 273 g/mol. The number of benzene rings is 1. The molecule has 0 spiro atoms. The fourth-order valence-corrected chi connectivity index (χ4v) is 3.48. The molecule has 0 radical (unpaired) electrons. The Labute approximate surface area is 117 Å². The van der Waals surface area contributed by atoms with Crippen molar-refractivity contribution in [3.63, 3.8) is 0 Å². The van der Waals surface area contributed by atoms with Gasteiger partial charge in [0.05, 0.1) is 10.2 Å². The number of rotatable bonds is 3. The van der Waals surface area contributed by atoms with E-state index in [1.54, 1.807) is 11.3 Å². The summed E-state index contributed by atoms with van der Waals surface area (Å²) in [6.45, 7) is 2.14. The molecule has 1 heterocycles. The molecule has 0 amide bonds. The van der Waals surface area contributed by atoms with Crippen LogP contribution in [0.2, 0.25) is 0 Å². The van der Waals surface area contributed by atoms with Crippen molar-refractivity contribution < 1.29 is 0 Å². The third-order valence-corrected chi connectivity index (χ3v) is 4.76. The normalized spacial score (nSPS) is 17.8. The van der Waals surface area contributed by atoms with E-state index in [0.717, 1.165) is 10.6 Å². The van der Waals surface area contributed by atoms with Crippen molar-refractivity contribution in [3.05, 3.63) is 24.3 Å². The predicted octanol–water partition coefficient (Wildman–Crippen LogP) is 4.66. The first-order chi connectivity index (χ1) is 9.33. The topological polar surface area (TPSA) is 37.3 Å². The van der Waals surface area contributed by atoms with Gasteiger partial charge in [-0.3, -0.25) is 5.43 Å². The van der Waals surface area contributed by atoms with Gasteiger partial charge in [0.2, 0.25) is 5.13 Å². The molecule has 1 saturated carbocycles. The van der Waals surface area contributed by atoms with Crippen LogP contribution in [0.4, 0.5) is 5.13 Å². The Bertz CT molecular complexity index is 549.